The lowest BCUT2D eigenvalue weighted by atomic mass is 9.89. The van der Waals surface area contributed by atoms with Crippen molar-refractivity contribution < 1.29 is 31.1 Å². The number of nitrogens with zero attached hydrogens (tertiary/aromatic N) is 1. The number of methoxy groups -OCH3 is 1. The largest absolute Gasteiger partial charge is 0.469 e. The summed E-state index contributed by atoms with van der Waals surface area (Å²) in [6.07, 6.45) is -4.63. The molecule has 1 saturated heterocycles. The highest BCUT2D eigenvalue weighted by Crippen LogP contribution is 2.42. The minimum Gasteiger partial charge on any atom is -0.469 e. The van der Waals surface area contributed by atoms with E-state index in [1.807, 2.05) is 0 Å². The Kier molecular flexibility index (Phi) is 6.45. The summed E-state index contributed by atoms with van der Waals surface area (Å²) in [5.41, 5.74) is -0.742. The van der Waals surface area contributed by atoms with E-state index in [0.717, 1.165) is 22.5 Å². The van der Waals surface area contributed by atoms with Gasteiger partial charge in [0.2, 0.25) is 10.0 Å². The number of carbonyl (C=O) groups excluding carboxylic acids is 1. The lowest BCUT2D eigenvalue weighted by molar-refractivity contribution is -0.147. The summed E-state index contributed by atoms with van der Waals surface area (Å²) in [4.78, 5) is 11.2. The third-order valence-electron chi connectivity index (χ3n) is 5.10. The average Bonchev–Trinajstić information content (AvgIpc) is 2.72. The van der Waals surface area contributed by atoms with Crippen LogP contribution in [0.5, 0.6) is 0 Å². The summed E-state index contributed by atoms with van der Waals surface area (Å²) < 4.78 is 72.9. The second kappa shape index (κ2) is 8.56. The first-order valence-electron chi connectivity index (χ1n) is 9.07. The molecule has 2 aromatic rings. The van der Waals surface area contributed by atoms with Gasteiger partial charge < -0.3 is 4.74 Å². The van der Waals surface area contributed by atoms with E-state index in [-0.39, 0.29) is 19.4 Å². The molecule has 1 aliphatic heterocycles. The zero-order chi connectivity index (χ0) is 22.1. The van der Waals surface area contributed by atoms with Crippen LogP contribution in [0.15, 0.2) is 53.4 Å². The first-order chi connectivity index (χ1) is 14.1. The zero-order valence-corrected chi connectivity index (χ0v) is 17.5. The molecule has 1 heterocycles. The van der Waals surface area contributed by atoms with E-state index in [2.05, 4.69) is 0 Å². The third kappa shape index (κ3) is 4.48. The minimum atomic E-state index is -4.83. The molecule has 0 N–H and O–H groups in total. The number of hydrogen-bond acceptors (Lipinski definition) is 4. The Morgan fingerprint density at radius 3 is 2.50 bits per heavy atom. The summed E-state index contributed by atoms with van der Waals surface area (Å²) >= 11 is 6.05. The van der Waals surface area contributed by atoms with E-state index in [0.29, 0.717) is 10.6 Å². The number of alkyl halides is 3. The van der Waals surface area contributed by atoms with Crippen LogP contribution in [-0.2, 0) is 25.7 Å². The number of rotatable bonds is 4. The number of carbonyl (C=O) groups is 1. The van der Waals surface area contributed by atoms with Crippen molar-refractivity contribution in [1.82, 2.24) is 4.31 Å². The molecule has 5 nitrogen and oxygen atoms in total. The van der Waals surface area contributed by atoms with Crippen LogP contribution in [0, 0.1) is 5.92 Å². The number of ether oxygens (including phenoxy) is 1. The van der Waals surface area contributed by atoms with E-state index in [9.17, 15) is 26.4 Å². The smallest absolute Gasteiger partial charge is 0.417 e. The maximum absolute atomic E-state index is 13.5. The van der Waals surface area contributed by atoms with Gasteiger partial charge in [0.15, 0.2) is 0 Å². The van der Waals surface area contributed by atoms with Crippen molar-refractivity contribution >= 4 is 27.6 Å². The van der Waals surface area contributed by atoms with E-state index in [1.165, 1.54) is 13.2 Å². The Morgan fingerprint density at radius 1 is 1.17 bits per heavy atom. The summed E-state index contributed by atoms with van der Waals surface area (Å²) in [5.74, 6) is -1.07. The SMILES string of the molecule is COC(=O)[C@H]1CCN(S(=O)(=O)c2ccccc2C(F)(F)F)[C@@H](c2cccc(Cl)c2)C1. The van der Waals surface area contributed by atoms with Gasteiger partial charge in [-0.1, -0.05) is 35.9 Å². The second-order valence-corrected chi connectivity index (χ2v) is 9.22. The van der Waals surface area contributed by atoms with Crippen molar-refractivity contribution in [3.05, 3.63) is 64.7 Å². The fourth-order valence-corrected chi connectivity index (χ4v) is 5.73. The molecule has 3 rings (SSSR count). The molecule has 0 amide bonds. The molecule has 30 heavy (non-hydrogen) atoms. The highest BCUT2D eigenvalue weighted by atomic mass is 35.5. The van der Waals surface area contributed by atoms with E-state index >= 15 is 0 Å². The Morgan fingerprint density at radius 2 is 1.87 bits per heavy atom. The maximum atomic E-state index is 13.5. The van der Waals surface area contributed by atoms with Crippen molar-refractivity contribution in [2.24, 2.45) is 5.92 Å². The van der Waals surface area contributed by atoms with Crippen molar-refractivity contribution in [3.63, 3.8) is 0 Å². The Bertz CT molecular complexity index is 1040. The van der Waals surface area contributed by atoms with Gasteiger partial charge in [-0.25, -0.2) is 8.42 Å². The lowest BCUT2D eigenvalue weighted by Crippen LogP contribution is -2.43. The molecule has 162 valence electrons. The van der Waals surface area contributed by atoms with Gasteiger partial charge >= 0.3 is 12.1 Å². The maximum Gasteiger partial charge on any atom is 0.417 e. The molecule has 1 aliphatic rings. The quantitative estimate of drug-likeness (QED) is 0.620. The lowest BCUT2D eigenvalue weighted by Gasteiger charge is -2.38. The molecular formula is C20H19ClF3NO4S. The van der Waals surface area contributed by atoms with Crippen LogP contribution >= 0.6 is 11.6 Å². The van der Waals surface area contributed by atoms with Gasteiger partial charge in [-0.2, -0.15) is 17.5 Å². The van der Waals surface area contributed by atoms with Gasteiger partial charge in [-0.3, -0.25) is 4.79 Å². The summed E-state index contributed by atoms with van der Waals surface area (Å²) in [7, 11) is -3.29. The molecule has 0 radical (unpaired) electrons. The molecule has 2 aromatic carbocycles. The normalized spacial score (nSPS) is 20.7. The molecule has 0 unspecified atom stereocenters. The number of halogens is 4. The molecule has 0 aliphatic carbocycles. The van der Waals surface area contributed by atoms with Gasteiger partial charge in [0.1, 0.15) is 0 Å². The Hall–Kier alpha value is -2.10. The molecule has 0 bridgehead atoms. The number of sulfonamides is 1. The van der Waals surface area contributed by atoms with Gasteiger partial charge in [0, 0.05) is 11.6 Å². The van der Waals surface area contributed by atoms with Crippen LogP contribution in [0.2, 0.25) is 5.02 Å². The average molecular weight is 462 g/mol. The second-order valence-electron chi connectivity index (χ2n) is 6.92. The van der Waals surface area contributed by atoms with Crippen molar-refractivity contribution in [3.8, 4) is 0 Å². The standard InChI is InChI=1S/C20H19ClF3NO4S/c1-29-19(26)14-9-10-25(17(12-14)13-5-4-6-15(21)11-13)30(27,28)18-8-3-2-7-16(18)20(22,23)24/h2-8,11,14,17H,9-10,12H2,1H3/t14-,17+/m0/s1. The Labute approximate surface area is 177 Å². The molecular weight excluding hydrogens is 443 g/mol. The van der Waals surface area contributed by atoms with E-state index in [4.69, 9.17) is 16.3 Å². The first-order valence-corrected chi connectivity index (χ1v) is 10.9. The van der Waals surface area contributed by atoms with Crippen LogP contribution in [-0.4, -0.2) is 32.3 Å². The topological polar surface area (TPSA) is 63.7 Å². The van der Waals surface area contributed by atoms with Crippen LogP contribution < -0.4 is 0 Å². The molecule has 10 heteroatoms. The van der Waals surface area contributed by atoms with Gasteiger partial charge in [0.25, 0.3) is 0 Å². The third-order valence-corrected chi connectivity index (χ3v) is 7.30. The highest BCUT2D eigenvalue weighted by Gasteiger charge is 2.44. The zero-order valence-electron chi connectivity index (χ0n) is 15.9. The van der Waals surface area contributed by atoms with Crippen LogP contribution in [0.25, 0.3) is 0 Å². The molecule has 0 spiro atoms. The monoisotopic (exact) mass is 461 g/mol. The highest BCUT2D eigenvalue weighted by molar-refractivity contribution is 7.89. The van der Waals surface area contributed by atoms with Crippen LogP contribution in [0.3, 0.4) is 0 Å². The Balaban J connectivity index is 2.09. The van der Waals surface area contributed by atoms with E-state index in [1.54, 1.807) is 24.3 Å². The molecule has 0 aromatic heterocycles. The number of hydrogen-bond donors (Lipinski definition) is 0. The molecule has 0 saturated carbocycles. The minimum absolute atomic E-state index is 0.0699. The van der Waals surface area contributed by atoms with Gasteiger partial charge in [0.05, 0.1) is 29.5 Å². The fourth-order valence-electron chi connectivity index (χ4n) is 3.68. The summed E-state index contributed by atoms with van der Waals surface area (Å²) in [5, 5.41) is 0.348. The van der Waals surface area contributed by atoms with Crippen LogP contribution in [0.1, 0.15) is 30.0 Å². The van der Waals surface area contributed by atoms with Gasteiger partial charge in [-0.15, -0.1) is 0 Å². The first kappa shape index (κ1) is 22.6. The van der Waals surface area contributed by atoms with Crippen molar-refractivity contribution in [2.45, 2.75) is 30.0 Å². The summed E-state index contributed by atoms with van der Waals surface area (Å²) in [6, 6.07) is 9.60. The summed E-state index contributed by atoms with van der Waals surface area (Å²) in [6.45, 7) is -0.133. The predicted octanol–water partition coefficient (Wildman–Crippen LogP) is 4.67. The number of esters is 1. The van der Waals surface area contributed by atoms with Gasteiger partial charge in [-0.05, 0) is 42.7 Å². The number of piperidine rings is 1. The number of benzene rings is 2. The molecule has 1 fully saturated rings. The van der Waals surface area contributed by atoms with E-state index < -0.39 is 44.6 Å². The fraction of sp³-hybridized carbons (Fsp3) is 0.350. The van der Waals surface area contributed by atoms with Crippen molar-refractivity contribution in [1.29, 1.82) is 0 Å². The van der Waals surface area contributed by atoms with Crippen LogP contribution in [0.4, 0.5) is 13.2 Å². The predicted molar refractivity (Wildman–Crippen MR) is 104 cm³/mol. The van der Waals surface area contributed by atoms with Crippen molar-refractivity contribution in [2.75, 3.05) is 13.7 Å². The molecule has 2 atom stereocenters.